The Morgan fingerprint density at radius 2 is 1.10 bits per heavy atom. The summed E-state index contributed by atoms with van der Waals surface area (Å²) in [6, 6.07) is 5.98. The molecule has 0 aliphatic rings. The summed E-state index contributed by atoms with van der Waals surface area (Å²) in [6.45, 7) is 4.52. The van der Waals surface area contributed by atoms with Crippen molar-refractivity contribution in [2.24, 2.45) is 0 Å². The summed E-state index contributed by atoms with van der Waals surface area (Å²) in [5, 5.41) is 0. The molecule has 0 aliphatic carbocycles. The standard InChI is InChI=1S/C26H46O2S/c1-3-5-7-9-11-13-15-17-20-24-21-19-23-26(29(27)28)25(24)22-18-16-14-12-10-8-6-4-2/h19,21,23H,3-18,20,22H2,1-2H3,(H,27,28). The number of unbranched alkanes of at least 4 members (excludes halogenated alkanes) is 14. The van der Waals surface area contributed by atoms with E-state index in [1.165, 1.54) is 102 Å². The highest BCUT2D eigenvalue weighted by atomic mass is 32.2. The van der Waals surface area contributed by atoms with Gasteiger partial charge in [0.2, 0.25) is 0 Å². The van der Waals surface area contributed by atoms with Gasteiger partial charge in [0, 0.05) is 0 Å². The molecule has 3 heteroatoms. The van der Waals surface area contributed by atoms with Crippen LogP contribution in [0.4, 0.5) is 0 Å². The molecule has 29 heavy (non-hydrogen) atoms. The highest BCUT2D eigenvalue weighted by Gasteiger charge is 2.12. The molecule has 1 N–H and O–H groups in total. The molecule has 0 aromatic heterocycles. The predicted octanol–water partition coefficient (Wildman–Crippen LogP) is 8.63. The summed E-state index contributed by atoms with van der Waals surface area (Å²) in [5.74, 6) is 0. The minimum atomic E-state index is -1.88. The van der Waals surface area contributed by atoms with E-state index >= 15 is 0 Å². The third-order valence-electron chi connectivity index (χ3n) is 6.00. The lowest BCUT2D eigenvalue weighted by Gasteiger charge is -2.13. The van der Waals surface area contributed by atoms with E-state index in [9.17, 15) is 8.76 Å². The number of hydrogen-bond donors (Lipinski definition) is 1. The van der Waals surface area contributed by atoms with Crippen LogP contribution in [0.5, 0.6) is 0 Å². The molecule has 0 radical (unpaired) electrons. The second-order valence-corrected chi connectivity index (χ2v) is 9.53. The van der Waals surface area contributed by atoms with Gasteiger partial charge in [0.1, 0.15) is 0 Å². The Balaban J connectivity index is 2.39. The van der Waals surface area contributed by atoms with E-state index in [4.69, 9.17) is 0 Å². The summed E-state index contributed by atoms with van der Waals surface area (Å²) in [5.41, 5.74) is 2.46. The van der Waals surface area contributed by atoms with Crippen LogP contribution in [0.25, 0.3) is 0 Å². The molecule has 0 fully saturated rings. The third-order valence-corrected chi connectivity index (χ3v) is 6.76. The average Bonchev–Trinajstić information content (AvgIpc) is 2.72. The molecule has 168 valence electrons. The molecule has 0 bridgehead atoms. The van der Waals surface area contributed by atoms with Gasteiger partial charge < -0.3 is 4.55 Å². The van der Waals surface area contributed by atoms with Crippen LogP contribution in [0.1, 0.15) is 128 Å². The van der Waals surface area contributed by atoms with E-state index in [0.29, 0.717) is 4.90 Å². The Morgan fingerprint density at radius 1 is 0.655 bits per heavy atom. The lowest BCUT2D eigenvalue weighted by atomic mass is 9.96. The van der Waals surface area contributed by atoms with Crippen molar-refractivity contribution in [1.82, 2.24) is 0 Å². The van der Waals surface area contributed by atoms with E-state index in [0.717, 1.165) is 24.8 Å². The highest BCUT2D eigenvalue weighted by Crippen LogP contribution is 2.23. The van der Waals surface area contributed by atoms with Gasteiger partial charge in [-0.3, -0.25) is 0 Å². The van der Waals surface area contributed by atoms with Crippen molar-refractivity contribution in [1.29, 1.82) is 0 Å². The molecule has 1 unspecified atom stereocenters. The Bertz CT molecular complexity index is 542. The number of aryl methyl sites for hydroxylation is 1. The van der Waals surface area contributed by atoms with E-state index in [-0.39, 0.29) is 0 Å². The van der Waals surface area contributed by atoms with E-state index in [2.05, 4.69) is 19.9 Å². The smallest absolute Gasteiger partial charge is 0.186 e. The van der Waals surface area contributed by atoms with Gasteiger partial charge in [0.15, 0.2) is 11.1 Å². The largest absolute Gasteiger partial charge is 0.302 e. The van der Waals surface area contributed by atoms with Gasteiger partial charge in [0.05, 0.1) is 4.90 Å². The highest BCUT2D eigenvalue weighted by molar-refractivity contribution is 7.79. The molecule has 2 nitrogen and oxygen atoms in total. The Morgan fingerprint density at radius 3 is 1.59 bits per heavy atom. The first-order valence-corrected chi connectivity index (χ1v) is 13.5. The van der Waals surface area contributed by atoms with Crippen LogP contribution in [0, 0.1) is 0 Å². The maximum absolute atomic E-state index is 11.8. The molecular weight excluding hydrogens is 376 g/mol. The van der Waals surface area contributed by atoms with Gasteiger partial charge >= 0.3 is 0 Å². The summed E-state index contributed by atoms with van der Waals surface area (Å²) < 4.78 is 21.6. The molecule has 0 amide bonds. The number of hydrogen-bond acceptors (Lipinski definition) is 1. The second kappa shape index (κ2) is 18.1. The first-order chi connectivity index (χ1) is 14.2. The fourth-order valence-electron chi connectivity index (χ4n) is 4.18. The molecule has 1 rings (SSSR count). The maximum Gasteiger partial charge on any atom is 0.186 e. The van der Waals surface area contributed by atoms with E-state index in [1.807, 2.05) is 12.1 Å². The quantitative estimate of drug-likeness (QED) is 0.179. The summed E-state index contributed by atoms with van der Waals surface area (Å²) in [4.78, 5) is 0.644. The lowest BCUT2D eigenvalue weighted by Crippen LogP contribution is -2.03. The second-order valence-electron chi connectivity index (χ2n) is 8.59. The Labute approximate surface area is 183 Å². The Kier molecular flexibility index (Phi) is 16.5. The fraction of sp³-hybridized carbons (Fsp3) is 0.769. The predicted molar refractivity (Wildman–Crippen MR) is 128 cm³/mol. The fourth-order valence-corrected chi connectivity index (χ4v) is 4.82. The zero-order chi connectivity index (χ0) is 21.2. The minimum absolute atomic E-state index is 0.644. The van der Waals surface area contributed by atoms with Crippen molar-refractivity contribution < 1.29 is 8.76 Å². The number of benzene rings is 1. The van der Waals surface area contributed by atoms with Crippen LogP contribution >= 0.6 is 0 Å². The van der Waals surface area contributed by atoms with E-state index in [1.54, 1.807) is 0 Å². The van der Waals surface area contributed by atoms with Crippen LogP contribution in [0.15, 0.2) is 23.1 Å². The lowest BCUT2D eigenvalue weighted by molar-refractivity contribution is 0.557. The third kappa shape index (κ3) is 12.6. The van der Waals surface area contributed by atoms with Crippen molar-refractivity contribution in [2.75, 3.05) is 0 Å². The van der Waals surface area contributed by atoms with Crippen LogP contribution in [-0.4, -0.2) is 8.76 Å². The van der Waals surface area contributed by atoms with Gasteiger partial charge in [-0.2, -0.15) is 0 Å². The van der Waals surface area contributed by atoms with Crippen LogP contribution in [0.2, 0.25) is 0 Å². The van der Waals surface area contributed by atoms with Crippen molar-refractivity contribution in [3.8, 4) is 0 Å². The van der Waals surface area contributed by atoms with Crippen molar-refractivity contribution in [2.45, 2.75) is 134 Å². The molecule has 1 aromatic carbocycles. The maximum atomic E-state index is 11.8. The monoisotopic (exact) mass is 422 g/mol. The summed E-state index contributed by atoms with van der Waals surface area (Å²) >= 11 is -1.88. The molecule has 1 aromatic rings. The molecule has 0 heterocycles. The molecule has 0 aliphatic heterocycles. The summed E-state index contributed by atoms with van der Waals surface area (Å²) in [7, 11) is 0. The van der Waals surface area contributed by atoms with Crippen molar-refractivity contribution >= 4 is 11.1 Å². The Hall–Kier alpha value is -0.670. The SMILES string of the molecule is CCCCCCCCCCc1cccc(S(=O)O)c1CCCCCCCCCC. The topological polar surface area (TPSA) is 37.3 Å². The molecule has 1 atom stereocenters. The average molecular weight is 423 g/mol. The van der Waals surface area contributed by atoms with Crippen molar-refractivity contribution in [3.05, 3.63) is 29.3 Å². The van der Waals surface area contributed by atoms with Gasteiger partial charge in [-0.05, 0) is 42.9 Å². The van der Waals surface area contributed by atoms with Gasteiger partial charge in [-0.15, -0.1) is 0 Å². The zero-order valence-electron chi connectivity index (χ0n) is 19.2. The zero-order valence-corrected chi connectivity index (χ0v) is 20.0. The summed E-state index contributed by atoms with van der Waals surface area (Å²) in [6.07, 6.45) is 22.9. The van der Waals surface area contributed by atoms with Crippen molar-refractivity contribution in [3.63, 3.8) is 0 Å². The molecule has 0 saturated carbocycles. The van der Waals surface area contributed by atoms with Gasteiger partial charge in [-0.25, -0.2) is 4.21 Å². The van der Waals surface area contributed by atoms with E-state index < -0.39 is 11.1 Å². The minimum Gasteiger partial charge on any atom is -0.302 e. The van der Waals surface area contributed by atoms with Crippen LogP contribution in [0.3, 0.4) is 0 Å². The number of rotatable bonds is 19. The first-order valence-electron chi connectivity index (χ1n) is 12.4. The van der Waals surface area contributed by atoms with Crippen LogP contribution in [-0.2, 0) is 23.9 Å². The van der Waals surface area contributed by atoms with Crippen LogP contribution < -0.4 is 0 Å². The normalized spacial score (nSPS) is 12.4. The molecule has 0 spiro atoms. The molecule has 0 saturated heterocycles. The first kappa shape index (κ1) is 26.4. The van der Waals surface area contributed by atoms with Gasteiger partial charge in [0.25, 0.3) is 0 Å². The molecular formula is C26H46O2S. The van der Waals surface area contributed by atoms with Gasteiger partial charge in [-0.1, -0.05) is 116 Å².